The summed E-state index contributed by atoms with van der Waals surface area (Å²) in [7, 11) is 1.37. The van der Waals surface area contributed by atoms with Gasteiger partial charge in [0.25, 0.3) is 5.91 Å². The van der Waals surface area contributed by atoms with E-state index in [9.17, 15) is 9.18 Å². The van der Waals surface area contributed by atoms with Gasteiger partial charge in [0.15, 0.2) is 11.6 Å². The van der Waals surface area contributed by atoms with Crippen molar-refractivity contribution in [1.29, 1.82) is 0 Å². The van der Waals surface area contributed by atoms with Crippen LogP contribution in [0, 0.1) is 5.82 Å². The molecule has 6 nitrogen and oxygen atoms in total. The Balaban J connectivity index is 1.81. The van der Waals surface area contributed by atoms with Crippen LogP contribution in [0.15, 0.2) is 46.9 Å². The highest BCUT2D eigenvalue weighted by Gasteiger charge is 2.20. The normalized spacial score (nSPS) is 10.7. The number of rotatable bonds is 7. The monoisotopic (exact) mass is 403 g/mol. The molecule has 0 saturated heterocycles. The lowest BCUT2D eigenvalue weighted by Crippen LogP contribution is -2.31. The van der Waals surface area contributed by atoms with E-state index in [4.69, 9.17) is 20.8 Å². The van der Waals surface area contributed by atoms with Crippen LogP contribution in [0.3, 0.4) is 0 Å². The van der Waals surface area contributed by atoms with Crippen molar-refractivity contribution in [2.24, 2.45) is 0 Å². The van der Waals surface area contributed by atoms with Crippen molar-refractivity contribution >= 4 is 17.5 Å². The first-order valence-corrected chi connectivity index (χ1v) is 9.11. The molecule has 0 spiro atoms. The second kappa shape index (κ2) is 8.84. The van der Waals surface area contributed by atoms with E-state index < -0.39 is 5.82 Å². The first-order valence-electron chi connectivity index (χ1n) is 8.73. The molecule has 0 N–H and O–H groups in total. The van der Waals surface area contributed by atoms with Gasteiger partial charge in [0.05, 0.1) is 24.2 Å². The lowest BCUT2D eigenvalue weighted by Gasteiger charge is -2.20. The van der Waals surface area contributed by atoms with Crippen molar-refractivity contribution in [3.63, 3.8) is 0 Å². The molecule has 1 heterocycles. The number of carbonyl (C=O) groups excluding carboxylic acids is 1. The van der Waals surface area contributed by atoms with Crippen LogP contribution in [0.4, 0.5) is 4.39 Å². The number of methoxy groups -OCH3 is 1. The molecule has 3 aromatic rings. The van der Waals surface area contributed by atoms with E-state index in [0.717, 1.165) is 12.5 Å². The molecule has 0 radical (unpaired) electrons. The third-order valence-corrected chi connectivity index (χ3v) is 4.41. The van der Waals surface area contributed by atoms with E-state index in [2.05, 4.69) is 10.2 Å². The fourth-order valence-electron chi connectivity index (χ4n) is 2.73. The number of ether oxygens (including phenoxy) is 1. The molecule has 0 atom stereocenters. The minimum atomic E-state index is -0.594. The van der Waals surface area contributed by atoms with Crippen LogP contribution in [0.25, 0.3) is 11.5 Å². The van der Waals surface area contributed by atoms with Gasteiger partial charge in [-0.1, -0.05) is 30.7 Å². The number of aromatic nitrogens is 2. The van der Waals surface area contributed by atoms with Crippen LogP contribution >= 0.6 is 11.6 Å². The quantitative estimate of drug-likeness (QED) is 0.577. The molecule has 1 aromatic heterocycles. The van der Waals surface area contributed by atoms with Crippen LogP contribution in [0.2, 0.25) is 5.02 Å². The molecule has 28 heavy (non-hydrogen) atoms. The lowest BCUT2D eigenvalue weighted by molar-refractivity contribution is 0.0728. The number of nitrogens with zero attached hydrogens (tertiary/aromatic N) is 3. The Hall–Kier alpha value is -2.93. The summed E-state index contributed by atoms with van der Waals surface area (Å²) in [5, 5.41) is 8.52. The Morgan fingerprint density at radius 2 is 2.04 bits per heavy atom. The van der Waals surface area contributed by atoms with Crippen molar-refractivity contribution in [2.75, 3.05) is 13.7 Å². The Morgan fingerprint density at radius 3 is 2.71 bits per heavy atom. The Kier molecular flexibility index (Phi) is 6.26. The molecule has 146 valence electrons. The predicted molar refractivity (Wildman–Crippen MR) is 103 cm³/mol. The van der Waals surface area contributed by atoms with Gasteiger partial charge in [-0.05, 0) is 36.8 Å². The largest absolute Gasteiger partial charge is 0.494 e. The van der Waals surface area contributed by atoms with Crippen molar-refractivity contribution in [3.05, 3.63) is 64.8 Å². The number of hydrogen-bond donors (Lipinski definition) is 0. The molecule has 0 bridgehead atoms. The molecule has 0 aliphatic carbocycles. The first-order chi connectivity index (χ1) is 13.5. The fraction of sp³-hybridized carbons (Fsp3) is 0.250. The van der Waals surface area contributed by atoms with E-state index in [1.54, 1.807) is 18.2 Å². The van der Waals surface area contributed by atoms with Crippen LogP contribution in [0.5, 0.6) is 5.75 Å². The molecule has 0 saturated carbocycles. The van der Waals surface area contributed by atoms with Gasteiger partial charge in [-0.15, -0.1) is 10.2 Å². The van der Waals surface area contributed by atoms with Crippen LogP contribution in [-0.4, -0.2) is 34.7 Å². The van der Waals surface area contributed by atoms with Gasteiger partial charge >= 0.3 is 0 Å². The van der Waals surface area contributed by atoms with Crippen LogP contribution < -0.4 is 4.74 Å². The highest BCUT2D eigenvalue weighted by Crippen LogP contribution is 2.26. The predicted octanol–water partition coefficient (Wildman–Crippen LogP) is 4.59. The van der Waals surface area contributed by atoms with E-state index in [1.807, 2.05) is 13.0 Å². The minimum Gasteiger partial charge on any atom is -0.494 e. The Labute approximate surface area is 166 Å². The molecular weight excluding hydrogens is 385 g/mol. The summed E-state index contributed by atoms with van der Waals surface area (Å²) in [6.45, 7) is 2.51. The fourth-order valence-corrected chi connectivity index (χ4v) is 2.95. The summed E-state index contributed by atoms with van der Waals surface area (Å²) in [6, 6.07) is 11.2. The van der Waals surface area contributed by atoms with Gasteiger partial charge in [-0.3, -0.25) is 4.79 Å². The van der Waals surface area contributed by atoms with E-state index in [-0.39, 0.29) is 35.5 Å². The molecule has 0 unspecified atom stereocenters. The summed E-state index contributed by atoms with van der Waals surface area (Å²) in [5.74, 6) is -0.296. The molecule has 3 rings (SSSR count). The average Bonchev–Trinajstić information content (AvgIpc) is 3.15. The molecule has 0 aliphatic rings. The third kappa shape index (κ3) is 4.31. The Bertz CT molecular complexity index is 977. The maximum Gasteiger partial charge on any atom is 0.254 e. The van der Waals surface area contributed by atoms with E-state index >= 15 is 0 Å². The maximum absolute atomic E-state index is 14.0. The Morgan fingerprint density at radius 1 is 1.25 bits per heavy atom. The topological polar surface area (TPSA) is 68.5 Å². The van der Waals surface area contributed by atoms with Crippen molar-refractivity contribution in [1.82, 2.24) is 15.1 Å². The summed E-state index contributed by atoms with van der Waals surface area (Å²) < 4.78 is 24.5. The van der Waals surface area contributed by atoms with Gasteiger partial charge in [0.1, 0.15) is 0 Å². The smallest absolute Gasteiger partial charge is 0.254 e. The van der Waals surface area contributed by atoms with Gasteiger partial charge in [0.2, 0.25) is 11.8 Å². The first kappa shape index (κ1) is 19.8. The minimum absolute atomic E-state index is 0.0832. The van der Waals surface area contributed by atoms with E-state index in [0.29, 0.717) is 17.1 Å². The van der Waals surface area contributed by atoms with Gasteiger partial charge < -0.3 is 14.1 Å². The number of hydrogen-bond acceptors (Lipinski definition) is 5. The highest BCUT2D eigenvalue weighted by molar-refractivity contribution is 6.33. The second-order valence-electron chi connectivity index (χ2n) is 6.06. The zero-order valence-electron chi connectivity index (χ0n) is 15.5. The molecule has 8 heteroatoms. The summed E-state index contributed by atoms with van der Waals surface area (Å²) in [6.07, 6.45) is 0.718. The second-order valence-corrected chi connectivity index (χ2v) is 6.46. The maximum atomic E-state index is 14.0. The number of carbonyl (C=O) groups is 1. The summed E-state index contributed by atoms with van der Waals surface area (Å²) >= 11 is 6.16. The number of halogens is 2. The van der Waals surface area contributed by atoms with Gasteiger partial charge in [-0.25, -0.2) is 4.39 Å². The molecular formula is C20H19ClFN3O3. The van der Waals surface area contributed by atoms with Crippen LogP contribution in [0.1, 0.15) is 29.6 Å². The number of amides is 1. The zero-order chi connectivity index (χ0) is 20.1. The molecule has 1 amide bonds. The van der Waals surface area contributed by atoms with Crippen molar-refractivity contribution in [3.8, 4) is 17.2 Å². The van der Waals surface area contributed by atoms with Crippen molar-refractivity contribution in [2.45, 2.75) is 19.9 Å². The van der Waals surface area contributed by atoms with E-state index in [1.165, 1.54) is 24.1 Å². The third-order valence-electron chi connectivity index (χ3n) is 4.08. The van der Waals surface area contributed by atoms with Gasteiger partial charge in [0, 0.05) is 12.1 Å². The molecule has 0 fully saturated rings. The zero-order valence-corrected chi connectivity index (χ0v) is 16.2. The molecule has 2 aromatic carbocycles. The highest BCUT2D eigenvalue weighted by atomic mass is 35.5. The van der Waals surface area contributed by atoms with Crippen molar-refractivity contribution < 1.29 is 18.3 Å². The van der Waals surface area contributed by atoms with Crippen LogP contribution in [-0.2, 0) is 6.54 Å². The van der Waals surface area contributed by atoms with Gasteiger partial charge in [-0.2, -0.15) is 0 Å². The number of benzene rings is 2. The standard InChI is InChI=1S/C20H19ClFN3O3/c1-3-10-25(20(26)13-8-9-17(27-2)16(22)11-13)12-18-23-24-19(28-18)14-6-4-5-7-15(14)21/h4-9,11H,3,10,12H2,1-2H3. The average molecular weight is 404 g/mol. The molecule has 0 aliphatic heterocycles. The SMILES string of the molecule is CCCN(Cc1nnc(-c2ccccc2Cl)o1)C(=O)c1ccc(OC)c(F)c1. The lowest BCUT2D eigenvalue weighted by atomic mass is 10.1. The summed E-state index contributed by atoms with van der Waals surface area (Å²) in [4.78, 5) is 14.4. The summed E-state index contributed by atoms with van der Waals surface area (Å²) in [5.41, 5.74) is 0.839.